The van der Waals surface area contributed by atoms with Gasteiger partial charge < -0.3 is 10.2 Å². The second-order valence-corrected chi connectivity index (χ2v) is 8.59. The van der Waals surface area contributed by atoms with Crippen LogP contribution in [0.2, 0.25) is 5.02 Å². The summed E-state index contributed by atoms with van der Waals surface area (Å²) in [6, 6.07) is 13.1. The van der Waals surface area contributed by atoms with Gasteiger partial charge in [0, 0.05) is 29.7 Å². The van der Waals surface area contributed by atoms with Crippen LogP contribution in [0.1, 0.15) is 18.4 Å². The number of benzene rings is 2. The molecule has 0 unspecified atom stereocenters. The Bertz CT molecular complexity index is 1020. The van der Waals surface area contributed by atoms with E-state index in [4.69, 9.17) is 16.7 Å². The summed E-state index contributed by atoms with van der Waals surface area (Å²) in [4.78, 5) is 14.6. The smallest absolute Gasteiger partial charge is 0.238 e. The van der Waals surface area contributed by atoms with E-state index in [9.17, 15) is 18.5 Å². The second-order valence-electron chi connectivity index (χ2n) is 6.59. The second kappa shape index (κ2) is 8.19. The van der Waals surface area contributed by atoms with Gasteiger partial charge in [-0.3, -0.25) is 4.79 Å². The molecule has 146 valence electrons. The van der Waals surface area contributed by atoms with E-state index >= 15 is 0 Å². The zero-order valence-electron chi connectivity index (χ0n) is 14.9. The number of nitrogens with two attached hydrogens (primary N) is 1. The predicted molar refractivity (Wildman–Crippen MR) is 108 cm³/mol. The van der Waals surface area contributed by atoms with E-state index < -0.39 is 10.0 Å². The third-order valence-corrected chi connectivity index (χ3v) is 5.90. The van der Waals surface area contributed by atoms with Crippen LogP contribution in [0.15, 0.2) is 47.4 Å². The number of sulfonamides is 1. The molecule has 9 heteroatoms. The standard InChI is InChI=1S/C19H19ClN4O3S/c20-15-1-6-18(14(11-15)12-21)24-9-7-13(8-10-24)19(25)23-16-2-4-17(5-3-16)28(22,26)27/h1-6,11,13H,7-10H2,(H,23,25)(H2,22,26,27). The van der Waals surface area contributed by atoms with Gasteiger partial charge in [-0.25, -0.2) is 13.6 Å². The Balaban J connectivity index is 1.61. The van der Waals surface area contributed by atoms with Gasteiger partial charge in [-0.2, -0.15) is 5.26 Å². The number of nitrogens with one attached hydrogen (secondary N) is 1. The summed E-state index contributed by atoms with van der Waals surface area (Å²) in [5.41, 5.74) is 1.86. The molecule has 1 aliphatic heterocycles. The number of carbonyl (C=O) groups excluding carboxylic acids is 1. The van der Waals surface area contributed by atoms with Crippen molar-refractivity contribution < 1.29 is 13.2 Å². The minimum absolute atomic E-state index is 0.00457. The molecule has 1 saturated heterocycles. The van der Waals surface area contributed by atoms with Crippen LogP contribution in [0.3, 0.4) is 0 Å². The van der Waals surface area contributed by atoms with Crippen molar-refractivity contribution in [1.29, 1.82) is 5.26 Å². The Morgan fingerprint density at radius 3 is 2.39 bits per heavy atom. The number of amides is 1. The van der Waals surface area contributed by atoms with E-state index in [0.29, 0.717) is 42.2 Å². The van der Waals surface area contributed by atoms with Crippen LogP contribution < -0.4 is 15.4 Å². The summed E-state index contributed by atoms with van der Waals surface area (Å²) in [6.45, 7) is 1.30. The molecule has 0 spiro atoms. The van der Waals surface area contributed by atoms with Gasteiger partial charge in [0.2, 0.25) is 15.9 Å². The molecular formula is C19H19ClN4O3S. The lowest BCUT2D eigenvalue weighted by Gasteiger charge is -2.33. The summed E-state index contributed by atoms with van der Waals surface area (Å²) in [5.74, 6) is -0.272. The molecule has 0 saturated carbocycles. The fraction of sp³-hybridized carbons (Fsp3) is 0.263. The summed E-state index contributed by atoms with van der Waals surface area (Å²) < 4.78 is 22.6. The molecule has 0 aromatic heterocycles. The van der Waals surface area contributed by atoms with Gasteiger partial charge in [-0.1, -0.05) is 11.6 Å². The van der Waals surface area contributed by atoms with E-state index in [2.05, 4.69) is 16.3 Å². The van der Waals surface area contributed by atoms with Crippen molar-refractivity contribution in [3.8, 4) is 6.07 Å². The SMILES string of the molecule is N#Cc1cc(Cl)ccc1N1CCC(C(=O)Nc2ccc(S(N)(=O)=O)cc2)CC1. The molecule has 0 radical (unpaired) electrons. The molecule has 0 bridgehead atoms. The van der Waals surface area contributed by atoms with Crippen LogP contribution in [0.25, 0.3) is 0 Å². The monoisotopic (exact) mass is 418 g/mol. The topological polar surface area (TPSA) is 116 Å². The Hall–Kier alpha value is -2.60. The van der Waals surface area contributed by atoms with Gasteiger partial charge >= 0.3 is 0 Å². The number of primary sulfonamides is 1. The van der Waals surface area contributed by atoms with Crippen molar-refractivity contribution in [3.63, 3.8) is 0 Å². The van der Waals surface area contributed by atoms with Crippen LogP contribution in [-0.4, -0.2) is 27.4 Å². The number of hydrogen-bond donors (Lipinski definition) is 2. The largest absolute Gasteiger partial charge is 0.370 e. The molecule has 1 heterocycles. The number of hydrogen-bond acceptors (Lipinski definition) is 5. The Morgan fingerprint density at radius 2 is 1.82 bits per heavy atom. The van der Waals surface area contributed by atoms with Crippen LogP contribution in [0.5, 0.6) is 0 Å². The van der Waals surface area contributed by atoms with E-state index in [0.717, 1.165) is 5.69 Å². The maximum atomic E-state index is 12.5. The lowest BCUT2D eigenvalue weighted by molar-refractivity contribution is -0.120. The maximum Gasteiger partial charge on any atom is 0.238 e. The molecule has 1 aliphatic rings. The number of nitriles is 1. The van der Waals surface area contributed by atoms with Crippen LogP contribution in [-0.2, 0) is 14.8 Å². The zero-order chi connectivity index (χ0) is 20.3. The summed E-state index contributed by atoms with van der Waals surface area (Å²) >= 11 is 5.95. The first-order valence-corrected chi connectivity index (χ1v) is 10.6. The minimum atomic E-state index is -3.76. The van der Waals surface area contributed by atoms with E-state index in [1.54, 1.807) is 12.1 Å². The number of piperidine rings is 1. The van der Waals surface area contributed by atoms with E-state index in [-0.39, 0.29) is 16.7 Å². The third kappa shape index (κ3) is 4.62. The quantitative estimate of drug-likeness (QED) is 0.791. The highest BCUT2D eigenvalue weighted by Crippen LogP contribution is 2.28. The van der Waals surface area contributed by atoms with E-state index in [1.807, 2.05) is 6.07 Å². The van der Waals surface area contributed by atoms with Gasteiger partial charge in [0.15, 0.2) is 0 Å². The molecular weight excluding hydrogens is 400 g/mol. The summed E-state index contributed by atoms with van der Waals surface area (Å²) in [7, 11) is -3.76. The lowest BCUT2D eigenvalue weighted by Crippen LogP contribution is -2.38. The highest BCUT2D eigenvalue weighted by Gasteiger charge is 2.26. The minimum Gasteiger partial charge on any atom is -0.370 e. The number of anilines is 2. The average molecular weight is 419 g/mol. The highest BCUT2D eigenvalue weighted by atomic mass is 35.5. The van der Waals surface area contributed by atoms with Crippen molar-refractivity contribution in [2.45, 2.75) is 17.7 Å². The van der Waals surface area contributed by atoms with Crippen LogP contribution in [0.4, 0.5) is 11.4 Å². The normalized spacial score (nSPS) is 15.1. The molecule has 3 N–H and O–H groups in total. The molecule has 2 aromatic rings. The summed E-state index contributed by atoms with van der Waals surface area (Å²) in [5, 5.41) is 17.7. The first-order chi connectivity index (χ1) is 13.3. The van der Waals surface area contributed by atoms with Crippen molar-refractivity contribution in [1.82, 2.24) is 0 Å². The van der Waals surface area contributed by atoms with Crippen molar-refractivity contribution in [2.24, 2.45) is 11.1 Å². The Morgan fingerprint density at radius 1 is 1.18 bits per heavy atom. The third-order valence-electron chi connectivity index (χ3n) is 4.74. The van der Waals surface area contributed by atoms with Gasteiger partial charge in [0.05, 0.1) is 16.1 Å². The number of carbonyl (C=O) groups is 1. The van der Waals surface area contributed by atoms with Crippen LogP contribution in [0, 0.1) is 17.2 Å². The Kier molecular flexibility index (Phi) is 5.89. The highest BCUT2D eigenvalue weighted by molar-refractivity contribution is 7.89. The number of halogens is 1. The molecule has 0 atom stereocenters. The molecule has 0 aliphatic carbocycles. The molecule has 1 fully saturated rings. The van der Waals surface area contributed by atoms with Gasteiger partial charge in [0.25, 0.3) is 0 Å². The maximum absolute atomic E-state index is 12.5. The van der Waals surface area contributed by atoms with Crippen molar-refractivity contribution in [3.05, 3.63) is 53.1 Å². The Labute approximate surface area is 168 Å². The molecule has 1 amide bonds. The van der Waals surface area contributed by atoms with Gasteiger partial charge in [-0.05, 0) is 55.3 Å². The van der Waals surface area contributed by atoms with Gasteiger partial charge in [-0.15, -0.1) is 0 Å². The fourth-order valence-electron chi connectivity index (χ4n) is 3.23. The lowest BCUT2D eigenvalue weighted by atomic mass is 9.95. The fourth-order valence-corrected chi connectivity index (χ4v) is 3.92. The molecule has 7 nitrogen and oxygen atoms in total. The van der Waals surface area contributed by atoms with E-state index in [1.165, 1.54) is 24.3 Å². The average Bonchev–Trinajstić information content (AvgIpc) is 2.67. The predicted octanol–water partition coefficient (Wildman–Crippen LogP) is 2.71. The number of nitrogens with zero attached hydrogens (tertiary/aromatic N) is 2. The number of rotatable bonds is 4. The zero-order valence-corrected chi connectivity index (χ0v) is 16.5. The molecule has 28 heavy (non-hydrogen) atoms. The van der Waals surface area contributed by atoms with Gasteiger partial charge in [0.1, 0.15) is 6.07 Å². The first-order valence-electron chi connectivity index (χ1n) is 8.66. The first kappa shape index (κ1) is 20.1. The van der Waals surface area contributed by atoms with Crippen molar-refractivity contribution >= 4 is 38.9 Å². The molecule has 3 rings (SSSR count). The van der Waals surface area contributed by atoms with Crippen molar-refractivity contribution in [2.75, 3.05) is 23.3 Å². The molecule has 2 aromatic carbocycles. The summed E-state index contributed by atoms with van der Waals surface area (Å²) in [6.07, 6.45) is 1.29. The van der Waals surface area contributed by atoms with Crippen LogP contribution >= 0.6 is 11.6 Å².